The number of nitrogens with one attached hydrogen (secondary N) is 1. The van der Waals surface area contributed by atoms with Crippen molar-refractivity contribution >= 4 is 45.7 Å². The fourth-order valence-electron chi connectivity index (χ4n) is 2.93. The number of fused-ring (bicyclic) bond motifs is 1. The van der Waals surface area contributed by atoms with Crippen LogP contribution in [0, 0.1) is 5.82 Å². The van der Waals surface area contributed by atoms with Gasteiger partial charge in [-0.25, -0.2) is 4.39 Å². The number of rotatable bonds is 5. The second-order valence-electron chi connectivity index (χ2n) is 5.66. The Balaban J connectivity index is 2.21. The molecule has 0 aliphatic carbocycles. The Bertz CT molecular complexity index is 890. The van der Waals surface area contributed by atoms with Crippen molar-refractivity contribution in [2.75, 3.05) is 6.54 Å². The van der Waals surface area contributed by atoms with E-state index in [0.29, 0.717) is 21.6 Å². The summed E-state index contributed by atoms with van der Waals surface area (Å²) in [7, 11) is 0. The first-order chi connectivity index (χ1) is 11.5. The normalized spacial score (nSPS) is 11.4. The van der Waals surface area contributed by atoms with Crippen molar-refractivity contribution in [2.45, 2.75) is 19.3 Å². The molecule has 0 saturated heterocycles. The highest BCUT2D eigenvalue weighted by molar-refractivity contribution is 6.39. The Kier molecular flexibility index (Phi) is 5.36. The third kappa shape index (κ3) is 3.40. The molecule has 1 aromatic heterocycles. The van der Waals surface area contributed by atoms with Crippen molar-refractivity contribution in [3.63, 3.8) is 0 Å². The average molecular weight is 386 g/mol. The summed E-state index contributed by atoms with van der Waals surface area (Å²) in [6.07, 6.45) is 2.63. The van der Waals surface area contributed by atoms with Crippen molar-refractivity contribution in [3.8, 4) is 11.3 Å². The van der Waals surface area contributed by atoms with Gasteiger partial charge in [-0.05, 0) is 61.7 Å². The van der Waals surface area contributed by atoms with Gasteiger partial charge in [0.1, 0.15) is 5.82 Å². The van der Waals surface area contributed by atoms with Gasteiger partial charge in [0.15, 0.2) is 0 Å². The summed E-state index contributed by atoms with van der Waals surface area (Å²) in [5.74, 6) is -0.370. The van der Waals surface area contributed by atoms with Crippen LogP contribution in [0.4, 0.5) is 4.39 Å². The molecule has 0 unspecified atom stereocenters. The van der Waals surface area contributed by atoms with Crippen molar-refractivity contribution in [2.24, 2.45) is 5.73 Å². The second kappa shape index (κ2) is 7.32. The van der Waals surface area contributed by atoms with E-state index in [1.165, 1.54) is 12.1 Å². The minimum Gasteiger partial charge on any atom is -0.354 e. The summed E-state index contributed by atoms with van der Waals surface area (Å²) in [5, 5.41) is 2.41. The molecule has 0 radical (unpaired) electrons. The van der Waals surface area contributed by atoms with Gasteiger partial charge in [-0.15, -0.1) is 0 Å². The molecule has 0 aliphatic rings. The minimum absolute atomic E-state index is 0.351. The average Bonchev–Trinajstić information content (AvgIpc) is 2.86. The molecule has 0 amide bonds. The summed E-state index contributed by atoms with van der Waals surface area (Å²) in [6, 6.07) is 7.92. The molecule has 0 fully saturated rings. The quantitative estimate of drug-likeness (QED) is 0.503. The van der Waals surface area contributed by atoms with Crippen LogP contribution in [0.2, 0.25) is 15.1 Å². The molecule has 6 heteroatoms. The smallest absolute Gasteiger partial charge is 0.124 e. The number of hydrogen-bond acceptors (Lipinski definition) is 1. The molecule has 0 atom stereocenters. The standard InChI is InChI=1S/C18H16Cl3FN2/c19-10-7-15(21)17-13(3-1-2-6-23)18(24-16(17)8-10)12-5-4-11(22)9-14(12)20/h4-5,7-9,24H,1-3,6,23H2. The van der Waals surface area contributed by atoms with Crippen molar-refractivity contribution < 1.29 is 4.39 Å². The van der Waals surface area contributed by atoms with Crippen LogP contribution >= 0.6 is 34.8 Å². The molecular formula is C18H16Cl3FN2. The van der Waals surface area contributed by atoms with E-state index in [2.05, 4.69) is 4.98 Å². The van der Waals surface area contributed by atoms with Crippen LogP contribution in [0.5, 0.6) is 0 Å². The molecule has 0 saturated carbocycles. The first kappa shape index (κ1) is 17.6. The topological polar surface area (TPSA) is 41.8 Å². The lowest BCUT2D eigenvalue weighted by Gasteiger charge is -2.08. The number of aromatic amines is 1. The Morgan fingerprint density at radius 3 is 2.50 bits per heavy atom. The van der Waals surface area contributed by atoms with Crippen LogP contribution in [0.15, 0.2) is 30.3 Å². The molecule has 3 aromatic rings. The van der Waals surface area contributed by atoms with Crippen LogP contribution < -0.4 is 5.73 Å². The lowest BCUT2D eigenvalue weighted by molar-refractivity contribution is 0.628. The number of aryl methyl sites for hydroxylation is 1. The zero-order valence-electron chi connectivity index (χ0n) is 12.8. The zero-order chi connectivity index (χ0) is 17.3. The highest BCUT2D eigenvalue weighted by Crippen LogP contribution is 2.39. The van der Waals surface area contributed by atoms with Crippen LogP contribution in [-0.2, 0) is 6.42 Å². The van der Waals surface area contributed by atoms with E-state index in [1.54, 1.807) is 12.1 Å². The number of unbranched alkanes of at least 4 members (excludes halogenated alkanes) is 1. The predicted octanol–water partition coefficient (Wildman–Crippen LogP) is 6.22. The number of aromatic nitrogens is 1. The van der Waals surface area contributed by atoms with E-state index in [-0.39, 0.29) is 5.82 Å². The van der Waals surface area contributed by atoms with E-state index < -0.39 is 0 Å². The lowest BCUT2D eigenvalue weighted by atomic mass is 10.00. The van der Waals surface area contributed by atoms with Crippen LogP contribution in [0.25, 0.3) is 22.2 Å². The van der Waals surface area contributed by atoms with Gasteiger partial charge in [0.2, 0.25) is 0 Å². The molecule has 2 aromatic carbocycles. The Labute approximate surface area is 154 Å². The first-order valence-corrected chi connectivity index (χ1v) is 8.79. The van der Waals surface area contributed by atoms with Gasteiger partial charge in [0.05, 0.1) is 15.7 Å². The monoisotopic (exact) mass is 384 g/mol. The van der Waals surface area contributed by atoms with Gasteiger partial charge in [-0.1, -0.05) is 34.8 Å². The molecule has 0 spiro atoms. The van der Waals surface area contributed by atoms with Crippen LogP contribution in [0.3, 0.4) is 0 Å². The fourth-order valence-corrected chi connectivity index (χ4v) is 3.80. The number of hydrogen-bond donors (Lipinski definition) is 2. The summed E-state index contributed by atoms with van der Waals surface area (Å²) >= 11 is 18.8. The highest BCUT2D eigenvalue weighted by atomic mass is 35.5. The zero-order valence-corrected chi connectivity index (χ0v) is 15.1. The van der Waals surface area contributed by atoms with Gasteiger partial charge in [0.25, 0.3) is 0 Å². The van der Waals surface area contributed by atoms with Crippen molar-refractivity contribution in [1.82, 2.24) is 4.98 Å². The SMILES string of the molecule is NCCCCc1c(-c2ccc(F)cc2Cl)[nH]c2cc(Cl)cc(Cl)c12. The number of nitrogens with two attached hydrogens (primary N) is 1. The first-order valence-electron chi connectivity index (χ1n) is 7.66. The maximum atomic E-state index is 13.4. The maximum absolute atomic E-state index is 13.4. The molecule has 126 valence electrons. The van der Waals surface area contributed by atoms with Crippen LogP contribution in [-0.4, -0.2) is 11.5 Å². The van der Waals surface area contributed by atoms with Gasteiger partial charge < -0.3 is 10.7 Å². The molecule has 0 aliphatic heterocycles. The third-order valence-corrected chi connectivity index (χ3v) is 4.83. The summed E-state index contributed by atoms with van der Waals surface area (Å²) in [5.41, 5.74) is 9.08. The largest absolute Gasteiger partial charge is 0.354 e. The third-order valence-electron chi connectivity index (χ3n) is 4.00. The van der Waals surface area contributed by atoms with E-state index in [0.717, 1.165) is 47.0 Å². The minimum atomic E-state index is -0.370. The van der Waals surface area contributed by atoms with E-state index in [9.17, 15) is 4.39 Å². The highest BCUT2D eigenvalue weighted by Gasteiger charge is 2.18. The van der Waals surface area contributed by atoms with Gasteiger partial charge in [-0.2, -0.15) is 0 Å². The fraction of sp³-hybridized carbons (Fsp3) is 0.222. The van der Waals surface area contributed by atoms with Crippen molar-refractivity contribution in [1.29, 1.82) is 0 Å². The van der Waals surface area contributed by atoms with Gasteiger partial charge in [-0.3, -0.25) is 0 Å². The molecule has 24 heavy (non-hydrogen) atoms. The summed E-state index contributed by atoms with van der Waals surface area (Å²) in [6.45, 7) is 0.633. The van der Waals surface area contributed by atoms with E-state index in [1.807, 2.05) is 6.07 Å². The predicted molar refractivity (Wildman–Crippen MR) is 101 cm³/mol. The summed E-state index contributed by atoms with van der Waals surface area (Å²) in [4.78, 5) is 3.34. The van der Waals surface area contributed by atoms with Crippen LogP contribution in [0.1, 0.15) is 18.4 Å². The Morgan fingerprint density at radius 1 is 1.00 bits per heavy atom. The van der Waals surface area contributed by atoms with Crippen molar-refractivity contribution in [3.05, 3.63) is 56.8 Å². The van der Waals surface area contributed by atoms with E-state index in [4.69, 9.17) is 40.5 Å². The second-order valence-corrected chi connectivity index (χ2v) is 6.91. The van der Waals surface area contributed by atoms with Gasteiger partial charge >= 0.3 is 0 Å². The molecule has 2 nitrogen and oxygen atoms in total. The number of H-pyrrole nitrogens is 1. The molecule has 1 heterocycles. The molecular weight excluding hydrogens is 370 g/mol. The molecule has 3 rings (SSSR count). The summed E-state index contributed by atoms with van der Waals surface area (Å²) < 4.78 is 13.4. The van der Waals surface area contributed by atoms with E-state index >= 15 is 0 Å². The number of benzene rings is 2. The molecule has 0 bridgehead atoms. The van der Waals surface area contributed by atoms with Gasteiger partial charge in [0, 0.05) is 21.5 Å². The Morgan fingerprint density at radius 2 is 1.79 bits per heavy atom. The Hall–Kier alpha value is -1.26. The molecule has 3 N–H and O–H groups in total. The lowest BCUT2D eigenvalue weighted by Crippen LogP contribution is -1.99. The number of halogens is 4. The maximum Gasteiger partial charge on any atom is 0.124 e.